The maximum Gasteiger partial charge on any atom is 0.274 e. The van der Waals surface area contributed by atoms with Crippen LogP contribution in [0.15, 0.2) is 0 Å². The summed E-state index contributed by atoms with van der Waals surface area (Å²) >= 11 is 0. The monoisotopic (exact) mass is 603 g/mol. The third-order valence-electron chi connectivity index (χ3n) is 13.3. The van der Waals surface area contributed by atoms with E-state index < -0.39 is 33.7 Å². The summed E-state index contributed by atoms with van der Waals surface area (Å²) in [7, 11) is -3.99. The fourth-order valence-corrected chi connectivity index (χ4v) is 11.6. The van der Waals surface area contributed by atoms with Crippen LogP contribution in [-0.2, 0) is 10.1 Å². The Hall–Kier alpha value is -0.350. The Morgan fingerprint density at radius 2 is 1.61 bits per heavy atom. The van der Waals surface area contributed by atoms with Crippen LogP contribution in [0.1, 0.15) is 111 Å². The van der Waals surface area contributed by atoms with Gasteiger partial charge in [-0.15, -0.1) is 0 Å². The van der Waals surface area contributed by atoms with E-state index in [9.17, 15) is 32.0 Å². The van der Waals surface area contributed by atoms with E-state index in [1.807, 2.05) is 6.92 Å². The normalized spacial score (nSPS) is 43.8. The minimum Gasteiger partial charge on any atom is -0.393 e. The fraction of sp³-hybridized carbons (Fsp3) is 1.00. The minimum absolute atomic E-state index is 0.0539. The summed E-state index contributed by atoms with van der Waals surface area (Å²) in [6.07, 6.45) is 10.2. The lowest BCUT2D eigenvalue weighted by atomic mass is 9.43. The van der Waals surface area contributed by atoms with Crippen LogP contribution in [0.4, 0.5) is 8.78 Å². The molecule has 0 unspecified atom stereocenters. The van der Waals surface area contributed by atoms with Crippen molar-refractivity contribution in [1.82, 2.24) is 4.90 Å². The van der Waals surface area contributed by atoms with Crippen molar-refractivity contribution in [1.29, 1.82) is 0 Å². The molecule has 10 atom stereocenters. The van der Waals surface area contributed by atoms with Crippen molar-refractivity contribution in [2.75, 3.05) is 18.8 Å². The average molecular weight is 604 g/mol. The Bertz CT molecular complexity index is 1020. The van der Waals surface area contributed by atoms with Crippen LogP contribution in [0.25, 0.3) is 0 Å². The Kier molecular flexibility index (Phi) is 9.28. The van der Waals surface area contributed by atoms with Gasteiger partial charge >= 0.3 is 0 Å². The van der Waals surface area contributed by atoms with Crippen LogP contribution < -0.4 is 0 Å². The highest BCUT2D eigenvalue weighted by atomic mass is 32.2. The number of nitrogens with zero attached hydrogens (tertiary/aromatic N) is 1. The van der Waals surface area contributed by atoms with Crippen LogP contribution in [0.3, 0.4) is 0 Å². The molecule has 9 heteroatoms. The van der Waals surface area contributed by atoms with E-state index in [2.05, 4.69) is 18.7 Å². The summed E-state index contributed by atoms with van der Waals surface area (Å²) in [5, 5.41) is 21.6. The van der Waals surface area contributed by atoms with Gasteiger partial charge in [0.15, 0.2) is 0 Å². The van der Waals surface area contributed by atoms with Gasteiger partial charge in [-0.1, -0.05) is 40.0 Å². The number of aliphatic hydroxyl groups is 2. The zero-order valence-corrected chi connectivity index (χ0v) is 26.3. The molecule has 5 rings (SSSR count). The third kappa shape index (κ3) is 6.27. The standard InChI is InChI=1S/C32H55F2NO5S/c1-21(8-7-15-35(16-17-41(38,39)40)23-9-5-4-6-10-23)24-11-12-25-29-26(13-14-30(24,25)2)31(3)20-32(33,34)28(37)19-22(31)18-27(29)36/h21-29,36-37H,4-20H2,1-3H3,(H,38,39,40)/t21-,22-,24-,25+,26+,27+,28-,29+,30-,31+/m1/s1. The van der Waals surface area contributed by atoms with Crippen molar-refractivity contribution in [3.63, 3.8) is 0 Å². The Morgan fingerprint density at radius 3 is 2.29 bits per heavy atom. The highest BCUT2D eigenvalue weighted by Crippen LogP contribution is 2.69. The van der Waals surface area contributed by atoms with Gasteiger partial charge in [0.1, 0.15) is 6.10 Å². The highest BCUT2D eigenvalue weighted by Gasteiger charge is 2.66. The number of alkyl halides is 2. The molecular formula is C32H55F2NO5S. The van der Waals surface area contributed by atoms with Crippen LogP contribution in [-0.4, -0.2) is 71.1 Å². The first-order chi connectivity index (χ1) is 19.2. The maximum absolute atomic E-state index is 14.8. The molecule has 0 aliphatic heterocycles. The summed E-state index contributed by atoms with van der Waals surface area (Å²) in [5.41, 5.74) is -0.447. The first-order valence-electron chi connectivity index (χ1n) is 16.6. The molecule has 6 nitrogen and oxygen atoms in total. The topological polar surface area (TPSA) is 98.1 Å². The fourth-order valence-electron chi connectivity index (χ4n) is 11.2. The third-order valence-corrected chi connectivity index (χ3v) is 14.0. The first kappa shape index (κ1) is 32.1. The van der Waals surface area contributed by atoms with Crippen LogP contribution in [0.2, 0.25) is 0 Å². The number of fused-ring (bicyclic) bond motifs is 5. The van der Waals surface area contributed by atoms with Gasteiger partial charge < -0.3 is 10.2 Å². The summed E-state index contributed by atoms with van der Waals surface area (Å²) in [5.74, 6) is -1.82. The smallest absolute Gasteiger partial charge is 0.274 e. The molecule has 5 fully saturated rings. The molecule has 5 aliphatic carbocycles. The quantitative estimate of drug-likeness (QED) is 0.273. The zero-order valence-electron chi connectivity index (χ0n) is 25.5. The zero-order chi connectivity index (χ0) is 29.8. The second-order valence-electron chi connectivity index (χ2n) is 15.4. The number of rotatable bonds is 9. The Balaban J connectivity index is 1.23. The molecule has 3 N–H and O–H groups in total. The molecule has 0 saturated heterocycles. The molecule has 0 spiro atoms. The number of hydrogen-bond donors (Lipinski definition) is 3. The molecule has 0 aromatic heterocycles. The summed E-state index contributed by atoms with van der Waals surface area (Å²) in [6, 6.07) is 0.399. The van der Waals surface area contributed by atoms with E-state index >= 15 is 0 Å². The van der Waals surface area contributed by atoms with Crippen molar-refractivity contribution in [2.24, 2.45) is 46.3 Å². The summed E-state index contributed by atoms with van der Waals surface area (Å²) < 4.78 is 62.0. The Morgan fingerprint density at radius 1 is 0.927 bits per heavy atom. The molecule has 0 heterocycles. The number of hydrogen-bond acceptors (Lipinski definition) is 5. The molecule has 5 aliphatic rings. The second kappa shape index (κ2) is 11.9. The number of aliphatic hydroxyl groups excluding tert-OH is 2. The van der Waals surface area contributed by atoms with Gasteiger partial charge in [0.2, 0.25) is 0 Å². The van der Waals surface area contributed by atoms with E-state index in [0.717, 1.165) is 57.9 Å². The molecule has 0 aromatic carbocycles. The van der Waals surface area contributed by atoms with Gasteiger partial charge in [0, 0.05) is 19.0 Å². The van der Waals surface area contributed by atoms with Crippen LogP contribution >= 0.6 is 0 Å². The number of halogens is 2. The molecule has 0 bridgehead atoms. The molecule has 0 aromatic rings. The van der Waals surface area contributed by atoms with Crippen molar-refractivity contribution < 1.29 is 32.0 Å². The largest absolute Gasteiger partial charge is 0.393 e. The van der Waals surface area contributed by atoms with Crippen molar-refractivity contribution >= 4 is 10.1 Å². The molecule has 41 heavy (non-hydrogen) atoms. The van der Waals surface area contributed by atoms with E-state index in [1.165, 1.54) is 19.3 Å². The van der Waals surface area contributed by atoms with E-state index in [0.29, 0.717) is 36.8 Å². The molecular weight excluding hydrogens is 548 g/mol. The maximum atomic E-state index is 14.8. The first-order valence-corrected chi connectivity index (χ1v) is 18.2. The molecule has 0 amide bonds. The van der Waals surface area contributed by atoms with Crippen molar-refractivity contribution in [2.45, 2.75) is 135 Å². The van der Waals surface area contributed by atoms with Gasteiger partial charge in [-0.2, -0.15) is 8.42 Å². The predicted octanol–water partition coefficient (Wildman–Crippen LogP) is 6.16. The van der Waals surface area contributed by atoms with E-state index in [1.54, 1.807) is 0 Å². The predicted molar refractivity (Wildman–Crippen MR) is 156 cm³/mol. The molecule has 238 valence electrons. The Labute approximate surface area is 246 Å². The van der Waals surface area contributed by atoms with Gasteiger partial charge in [0.25, 0.3) is 16.0 Å². The SMILES string of the molecule is C[C@H](CCCN(CCS(=O)(=O)O)C1CCCCC1)[C@H]1CC[C@H]2[C@@H]3[C@@H](O)C[C@@H]4C[C@@H](O)C(F)(F)C[C@]4(C)[C@H]3CC[C@]12C. The summed E-state index contributed by atoms with van der Waals surface area (Å²) in [6.45, 7) is 8.02. The van der Waals surface area contributed by atoms with Gasteiger partial charge in [-0.05, 0) is 117 Å². The minimum atomic E-state index is -3.99. The van der Waals surface area contributed by atoms with Gasteiger partial charge in [-0.25, -0.2) is 8.78 Å². The van der Waals surface area contributed by atoms with E-state index in [-0.39, 0.29) is 41.8 Å². The van der Waals surface area contributed by atoms with Crippen molar-refractivity contribution in [3.05, 3.63) is 0 Å². The second-order valence-corrected chi connectivity index (χ2v) is 17.0. The summed E-state index contributed by atoms with van der Waals surface area (Å²) in [4.78, 5) is 2.30. The average Bonchev–Trinajstić information content (AvgIpc) is 3.25. The molecule has 0 radical (unpaired) electrons. The lowest BCUT2D eigenvalue weighted by Crippen LogP contribution is -2.62. The van der Waals surface area contributed by atoms with Gasteiger partial charge in [-0.3, -0.25) is 9.45 Å². The highest BCUT2D eigenvalue weighted by molar-refractivity contribution is 7.85. The lowest BCUT2D eigenvalue weighted by Gasteiger charge is -2.63. The lowest BCUT2D eigenvalue weighted by molar-refractivity contribution is -0.236. The van der Waals surface area contributed by atoms with Crippen LogP contribution in [0.5, 0.6) is 0 Å². The van der Waals surface area contributed by atoms with Gasteiger partial charge in [0.05, 0.1) is 11.9 Å². The van der Waals surface area contributed by atoms with E-state index in [4.69, 9.17) is 0 Å². The van der Waals surface area contributed by atoms with Crippen molar-refractivity contribution in [3.8, 4) is 0 Å². The molecule has 5 saturated carbocycles. The van der Waals surface area contributed by atoms with Crippen LogP contribution in [0, 0.1) is 46.3 Å².